The van der Waals surface area contributed by atoms with E-state index in [2.05, 4.69) is 31.1 Å². The highest BCUT2D eigenvalue weighted by atomic mass is 16.5. The molecular weight excluding hydrogens is 224 g/mol. The van der Waals surface area contributed by atoms with Crippen LogP contribution in [0.2, 0.25) is 0 Å². The maximum atomic E-state index is 5.50. The summed E-state index contributed by atoms with van der Waals surface area (Å²) < 4.78 is 5.50. The molecular formula is C15H30N2O. The van der Waals surface area contributed by atoms with Crippen LogP contribution in [-0.2, 0) is 4.74 Å². The van der Waals surface area contributed by atoms with E-state index < -0.39 is 0 Å². The van der Waals surface area contributed by atoms with E-state index in [-0.39, 0.29) is 5.54 Å². The van der Waals surface area contributed by atoms with Crippen molar-refractivity contribution in [2.45, 2.75) is 57.5 Å². The van der Waals surface area contributed by atoms with Crippen LogP contribution < -0.4 is 5.32 Å². The van der Waals surface area contributed by atoms with E-state index in [0.717, 1.165) is 32.2 Å². The van der Waals surface area contributed by atoms with Gasteiger partial charge in [0.1, 0.15) is 0 Å². The second-order valence-corrected chi connectivity index (χ2v) is 6.17. The van der Waals surface area contributed by atoms with Gasteiger partial charge in [-0.25, -0.2) is 0 Å². The normalized spacial score (nSPS) is 26.8. The van der Waals surface area contributed by atoms with Crippen molar-refractivity contribution in [2.24, 2.45) is 5.92 Å². The molecule has 1 saturated heterocycles. The van der Waals surface area contributed by atoms with Gasteiger partial charge in [-0.3, -0.25) is 4.90 Å². The highest BCUT2D eigenvalue weighted by Crippen LogP contribution is 2.36. The lowest BCUT2D eigenvalue weighted by Crippen LogP contribution is -2.61. The number of likely N-dealkylation sites (N-methyl/N-ethyl adjacent to an activating group) is 1. The second-order valence-electron chi connectivity index (χ2n) is 6.17. The molecule has 1 aliphatic heterocycles. The molecule has 0 bridgehead atoms. The van der Waals surface area contributed by atoms with Crippen molar-refractivity contribution in [3.05, 3.63) is 0 Å². The van der Waals surface area contributed by atoms with Crippen LogP contribution in [0.5, 0.6) is 0 Å². The van der Waals surface area contributed by atoms with Crippen LogP contribution in [0.25, 0.3) is 0 Å². The molecule has 2 unspecified atom stereocenters. The monoisotopic (exact) mass is 254 g/mol. The first kappa shape index (κ1) is 14.3. The molecule has 0 spiro atoms. The Kier molecular flexibility index (Phi) is 5.05. The summed E-state index contributed by atoms with van der Waals surface area (Å²) in [5, 5.41) is 3.59. The number of nitrogens with zero attached hydrogens (tertiary/aromatic N) is 1. The quantitative estimate of drug-likeness (QED) is 0.754. The minimum atomic E-state index is 0.285. The van der Waals surface area contributed by atoms with Gasteiger partial charge in [-0.1, -0.05) is 19.8 Å². The van der Waals surface area contributed by atoms with Gasteiger partial charge in [0, 0.05) is 24.7 Å². The maximum absolute atomic E-state index is 5.50. The molecule has 2 rings (SSSR count). The smallest absolute Gasteiger partial charge is 0.0594 e. The van der Waals surface area contributed by atoms with E-state index in [4.69, 9.17) is 4.74 Å². The molecule has 0 radical (unpaired) electrons. The van der Waals surface area contributed by atoms with Gasteiger partial charge in [0.2, 0.25) is 0 Å². The van der Waals surface area contributed by atoms with Crippen LogP contribution in [0.15, 0.2) is 0 Å². The lowest BCUT2D eigenvalue weighted by molar-refractivity contribution is -0.0328. The van der Waals surface area contributed by atoms with Crippen molar-refractivity contribution in [1.82, 2.24) is 10.2 Å². The molecule has 3 nitrogen and oxygen atoms in total. The number of hydrogen-bond donors (Lipinski definition) is 1. The van der Waals surface area contributed by atoms with Gasteiger partial charge >= 0.3 is 0 Å². The summed E-state index contributed by atoms with van der Waals surface area (Å²) in [7, 11) is 2.13. The Hall–Kier alpha value is -0.120. The zero-order valence-corrected chi connectivity index (χ0v) is 12.4. The third-order valence-corrected chi connectivity index (χ3v) is 5.11. The molecule has 0 aromatic carbocycles. The lowest BCUT2D eigenvalue weighted by atomic mass is 9.83. The van der Waals surface area contributed by atoms with E-state index in [1.165, 1.54) is 32.1 Å². The van der Waals surface area contributed by atoms with E-state index >= 15 is 0 Å². The fraction of sp³-hybridized carbons (Fsp3) is 1.00. The van der Waals surface area contributed by atoms with Crippen molar-refractivity contribution in [2.75, 3.05) is 33.4 Å². The number of nitrogens with one attached hydrogen (secondary N) is 1. The molecule has 0 aromatic rings. The van der Waals surface area contributed by atoms with Crippen molar-refractivity contribution in [3.63, 3.8) is 0 Å². The van der Waals surface area contributed by atoms with Crippen LogP contribution in [0.1, 0.15) is 46.0 Å². The van der Waals surface area contributed by atoms with Crippen LogP contribution in [0.4, 0.5) is 0 Å². The summed E-state index contributed by atoms with van der Waals surface area (Å²) in [6, 6.07) is 0.612. The average Bonchev–Trinajstić information content (AvgIpc) is 3.24. The fourth-order valence-electron chi connectivity index (χ4n) is 3.34. The minimum absolute atomic E-state index is 0.285. The summed E-state index contributed by atoms with van der Waals surface area (Å²) in [6.45, 7) is 8.74. The van der Waals surface area contributed by atoms with Crippen molar-refractivity contribution in [3.8, 4) is 0 Å². The number of rotatable bonds is 7. The van der Waals surface area contributed by atoms with Gasteiger partial charge in [-0.05, 0) is 39.2 Å². The summed E-state index contributed by atoms with van der Waals surface area (Å²) in [5.74, 6) is 1.03. The molecule has 3 heteroatoms. The summed E-state index contributed by atoms with van der Waals surface area (Å²) in [6.07, 6.45) is 6.88. The van der Waals surface area contributed by atoms with Crippen LogP contribution in [0, 0.1) is 5.92 Å². The maximum Gasteiger partial charge on any atom is 0.0594 e. The molecule has 1 saturated carbocycles. The molecule has 1 aliphatic carbocycles. The average molecular weight is 254 g/mol. The first-order chi connectivity index (χ1) is 8.70. The van der Waals surface area contributed by atoms with Crippen LogP contribution >= 0.6 is 0 Å². The van der Waals surface area contributed by atoms with Crippen LogP contribution in [-0.4, -0.2) is 49.8 Å². The molecule has 0 amide bonds. The van der Waals surface area contributed by atoms with E-state index in [9.17, 15) is 0 Å². The molecule has 106 valence electrons. The number of hydrogen-bond acceptors (Lipinski definition) is 3. The zero-order valence-electron chi connectivity index (χ0n) is 12.4. The molecule has 2 atom stereocenters. The fourth-order valence-corrected chi connectivity index (χ4v) is 3.34. The SMILES string of the molecule is CCC(C)(C(CCC1CC1)NC)N1CCOCC1. The molecule has 2 aliphatic rings. The summed E-state index contributed by atoms with van der Waals surface area (Å²) >= 11 is 0. The van der Waals surface area contributed by atoms with Gasteiger partial charge in [-0.15, -0.1) is 0 Å². The topological polar surface area (TPSA) is 24.5 Å². The van der Waals surface area contributed by atoms with Gasteiger partial charge in [0.15, 0.2) is 0 Å². The van der Waals surface area contributed by atoms with Gasteiger partial charge in [0.05, 0.1) is 13.2 Å². The van der Waals surface area contributed by atoms with Crippen molar-refractivity contribution >= 4 is 0 Å². The Morgan fingerprint density at radius 1 is 1.33 bits per heavy atom. The predicted octanol–water partition coefficient (Wildman–Crippen LogP) is 2.27. The highest BCUT2D eigenvalue weighted by Gasteiger charge is 2.38. The standard InChI is InChI=1S/C15H30N2O/c1-4-15(2,17-9-11-18-12-10-17)14(16-3)8-7-13-5-6-13/h13-14,16H,4-12H2,1-3H3. The zero-order chi connectivity index (χ0) is 13.0. The van der Waals surface area contributed by atoms with Gasteiger partial charge in [-0.2, -0.15) is 0 Å². The van der Waals surface area contributed by atoms with E-state index in [1.807, 2.05) is 0 Å². The molecule has 2 fully saturated rings. The Morgan fingerprint density at radius 2 is 2.00 bits per heavy atom. The Labute approximate surface area is 112 Å². The Morgan fingerprint density at radius 3 is 2.50 bits per heavy atom. The highest BCUT2D eigenvalue weighted by molar-refractivity contribution is 4.97. The largest absolute Gasteiger partial charge is 0.379 e. The molecule has 1 N–H and O–H groups in total. The first-order valence-corrected chi connectivity index (χ1v) is 7.70. The third kappa shape index (κ3) is 3.25. The van der Waals surface area contributed by atoms with Gasteiger partial charge in [0.25, 0.3) is 0 Å². The summed E-state index contributed by atoms with van der Waals surface area (Å²) in [5.41, 5.74) is 0.285. The Balaban J connectivity index is 1.96. The van der Waals surface area contributed by atoms with Gasteiger partial charge < -0.3 is 10.1 Å². The molecule has 18 heavy (non-hydrogen) atoms. The Bertz CT molecular complexity index is 249. The molecule has 1 heterocycles. The minimum Gasteiger partial charge on any atom is -0.379 e. The third-order valence-electron chi connectivity index (χ3n) is 5.11. The number of morpholine rings is 1. The van der Waals surface area contributed by atoms with E-state index in [0.29, 0.717) is 6.04 Å². The summed E-state index contributed by atoms with van der Waals surface area (Å²) in [4.78, 5) is 2.64. The van der Waals surface area contributed by atoms with Crippen molar-refractivity contribution < 1.29 is 4.74 Å². The second kappa shape index (κ2) is 6.36. The lowest BCUT2D eigenvalue weighted by Gasteiger charge is -2.48. The van der Waals surface area contributed by atoms with E-state index in [1.54, 1.807) is 0 Å². The first-order valence-electron chi connectivity index (χ1n) is 7.70. The van der Waals surface area contributed by atoms with Crippen molar-refractivity contribution in [1.29, 1.82) is 0 Å². The van der Waals surface area contributed by atoms with Crippen LogP contribution in [0.3, 0.4) is 0 Å². The predicted molar refractivity (Wildman–Crippen MR) is 75.9 cm³/mol. The number of ether oxygens (including phenoxy) is 1. The molecule has 0 aromatic heterocycles.